The second kappa shape index (κ2) is 5.57. The van der Waals surface area contributed by atoms with Crippen molar-refractivity contribution in [3.8, 4) is 11.1 Å². The zero-order valence-corrected chi connectivity index (χ0v) is 14.3. The predicted octanol–water partition coefficient (Wildman–Crippen LogP) is 4.01. The van der Waals surface area contributed by atoms with Crippen LogP contribution in [0.15, 0.2) is 71.6 Å². The molecule has 0 heterocycles. The normalized spacial score (nSPS) is 12.6. The van der Waals surface area contributed by atoms with Gasteiger partial charge >= 0.3 is 0 Å². The maximum atomic E-state index is 12.7. The number of fused-ring (bicyclic) bond motifs is 3. The molecule has 1 aliphatic carbocycles. The Balaban J connectivity index is 1.79. The Kier molecular flexibility index (Phi) is 3.47. The molecule has 0 saturated carbocycles. The van der Waals surface area contributed by atoms with Crippen LogP contribution in [0.2, 0.25) is 0 Å². The highest BCUT2D eigenvalue weighted by Gasteiger charge is 2.30. The summed E-state index contributed by atoms with van der Waals surface area (Å²) in [4.78, 5) is 12.9. The molecule has 4 rings (SSSR count). The first-order valence-corrected chi connectivity index (χ1v) is 9.32. The van der Waals surface area contributed by atoms with Gasteiger partial charge in [0.1, 0.15) is 0 Å². The number of carbonyl (C=O) groups is 1. The van der Waals surface area contributed by atoms with E-state index in [1.165, 1.54) is 0 Å². The van der Waals surface area contributed by atoms with Gasteiger partial charge in [-0.15, -0.1) is 0 Å². The maximum absolute atomic E-state index is 12.7. The van der Waals surface area contributed by atoms with Crippen molar-refractivity contribution in [2.45, 2.75) is 11.8 Å². The maximum Gasteiger partial charge on any atom is 0.261 e. The molecule has 1 N–H and O–H groups in total. The molecule has 0 saturated heterocycles. The number of sulfonamides is 1. The van der Waals surface area contributed by atoms with Gasteiger partial charge in [0.2, 0.25) is 0 Å². The predicted molar refractivity (Wildman–Crippen MR) is 97.3 cm³/mol. The SMILES string of the molecule is Cc1ccc(S(=O)(=O)Nc2cccc3c2C(=O)c2ccccc2-3)cc1. The number of ketones is 1. The molecule has 0 radical (unpaired) electrons. The Morgan fingerprint density at radius 2 is 1.40 bits per heavy atom. The third kappa shape index (κ3) is 2.53. The molecule has 0 bridgehead atoms. The van der Waals surface area contributed by atoms with Gasteiger partial charge in [0, 0.05) is 5.56 Å². The summed E-state index contributed by atoms with van der Waals surface area (Å²) in [7, 11) is -3.76. The van der Waals surface area contributed by atoms with Crippen LogP contribution in [-0.2, 0) is 10.0 Å². The molecule has 0 aromatic heterocycles. The van der Waals surface area contributed by atoms with Crippen LogP contribution in [0, 0.1) is 6.92 Å². The first kappa shape index (κ1) is 15.6. The van der Waals surface area contributed by atoms with E-state index in [2.05, 4.69) is 4.72 Å². The number of hydrogen-bond donors (Lipinski definition) is 1. The summed E-state index contributed by atoms with van der Waals surface area (Å²) in [6.45, 7) is 1.89. The van der Waals surface area contributed by atoms with Crippen LogP contribution in [0.25, 0.3) is 11.1 Å². The lowest BCUT2D eigenvalue weighted by Crippen LogP contribution is -2.15. The zero-order valence-electron chi connectivity index (χ0n) is 13.5. The lowest BCUT2D eigenvalue weighted by atomic mass is 10.1. The second-order valence-corrected chi connectivity index (χ2v) is 7.70. The van der Waals surface area contributed by atoms with E-state index in [1.807, 2.05) is 25.1 Å². The van der Waals surface area contributed by atoms with Crippen molar-refractivity contribution in [1.29, 1.82) is 0 Å². The summed E-state index contributed by atoms with van der Waals surface area (Å²) in [6.07, 6.45) is 0. The minimum absolute atomic E-state index is 0.159. The van der Waals surface area contributed by atoms with Gasteiger partial charge in [0.15, 0.2) is 5.78 Å². The third-order valence-corrected chi connectivity index (χ3v) is 5.71. The van der Waals surface area contributed by atoms with Gasteiger partial charge in [-0.25, -0.2) is 8.42 Å². The second-order valence-electron chi connectivity index (χ2n) is 6.02. The van der Waals surface area contributed by atoms with Crippen molar-refractivity contribution in [1.82, 2.24) is 0 Å². The summed E-state index contributed by atoms with van der Waals surface area (Å²) in [5, 5.41) is 0. The van der Waals surface area contributed by atoms with E-state index in [4.69, 9.17) is 0 Å². The lowest BCUT2D eigenvalue weighted by molar-refractivity contribution is 0.104. The van der Waals surface area contributed by atoms with Crippen molar-refractivity contribution in [2.75, 3.05) is 4.72 Å². The number of anilines is 1. The fraction of sp³-hybridized carbons (Fsp3) is 0.0500. The molecule has 3 aromatic rings. The first-order chi connectivity index (χ1) is 12.0. The molecule has 0 spiro atoms. The Labute approximate surface area is 146 Å². The Hall–Kier alpha value is -2.92. The molecular formula is C20H15NO3S. The number of hydrogen-bond acceptors (Lipinski definition) is 3. The molecule has 0 unspecified atom stereocenters. The Bertz CT molecular complexity index is 1100. The first-order valence-electron chi connectivity index (χ1n) is 7.84. The average molecular weight is 349 g/mol. The zero-order chi connectivity index (χ0) is 17.6. The highest BCUT2D eigenvalue weighted by Crippen LogP contribution is 2.40. The van der Waals surface area contributed by atoms with Gasteiger partial charge in [-0.2, -0.15) is 0 Å². The molecule has 0 fully saturated rings. The van der Waals surface area contributed by atoms with Crippen LogP contribution in [0.4, 0.5) is 5.69 Å². The molecule has 25 heavy (non-hydrogen) atoms. The monoisotopic (exact) mass is 349 g/mol. The third-order valence-electron chi connectivity index (χ3n) is 4.33. The van der Waals surface area contributed by atoms with E-state index in [-0.39, 0.29) is 10.7 Å². The molecule has 4 nitrogen and oxygen atoms in total. The van der Waals surface area contributed by atoms with E-state index >= 15 is 0 Å². The number of nitrogens with one attached hydrogen (secondary N) is 1. The van der Waals surface area contributed by atoms with Crippen molar-refractivity contribution in [2.24, 2.45) is 0 Å². The van der Waals surface area contributed by atoms with Gasteiger partial charge < -0.3 is 0 Å². The van der Waals surface area contributed by atoms with E-state index in [1.54, 1.807) is 48.5 Å². The fourth-order valence-electron chi connectivity index (χ4n) is 3.08. The summed E-state index contributed by atoms with van der Waals surface area (Å²) in [5.41, 5.74) is 3.87. The number of benzene rings is 3. The van der Waals surface area contributed by atoms with Gasteiger partial charge in [-0.05, 0) is 36.2 Å². The minimum Gasteiger partial charge on any atom is -0.288 e. The number of rotatable bonds is 3. The smallest absolute Gasteiger partial charge is 0.261 e. The largest absolute Gasteiger partial charge is 0.288 e. The van der Waals surface area contributed by atoms with E-state index in [0.717, 1.165) is 16.7 Å². The summed E-state index contributed by atoms with van der Waals surface area (Å²) in [6, 6.07) is 19.1. The number of aryl methyl sites for hydroxylation is 1. The van der Waals surface area contributed by atoms with Gasteiger partial charge in [0.05, 0.1) is 16.1 Å². The lowest BCUT2D eigenvalue weighted by Gasteiger charge is -2.11. The fourth-order valence-corrected chi connectivity index (χ4v) is 4.15. The molecule has 5 heteroatoms. The number of carbonyl (C=O) groups excluding carboxylic acids is 1. The van der Waals surface area contributed by atoms with Crippen LogP contribution in [0.5, 0.6) is 0 Å². The highest BCUT2D eigenvalue weighted by atomic mass is 32.2. The minimum atomic E-state index is -3.76. The molecular weight excluding hydrogens is 334 g/mol. The standard InChI is InChI=1S/C20H15NO3S/c1-13-9-11-14(12-10-13)25(23,24)21-18-8-4-7-16-15-5-2-3-6-17(15)20(22)19(16)18/h2-12,21H,1H3. The van der Waals surface area contributed by atoms with Crippen LogP contribution in [-0.4, -0.2) is 14.2 Å². The van der Waals surface area contributed by atoms with Crippen molar-refractivity contribution < 1.29 is 13.2 Å². The highest BCUT2D eigenvalue weighted by molar-refractivity contribution is 7.92. The quantitative estimate of drug-likeness (QED) is 0.608. The summed E-state index contributed by atoms with van der Waals surface area (Å²) < 4.78 is 27.9. The van der Waals surface area contributed by atoms with E-state index in [9.17, 15) is 13.2 Å². The van der Waals surface area contributed by atoms with Crippen molar-refractivity contribution >= 4 is 21.5 Å². The summed E-state index contributed by atoms with van der Waals surface area (Å²) >= 11 is 0. The molecule has 3 aromatic carbocycles. The van der Waals surface area contributed by atoms with Crippen molar-refractivity contribution in [3.05, 3.63) is 83.4 Å². The Morgan fingerprint density at radius 1 is 0.760 bits per heavy atom. The summed E-state index contributed by atoms with van der Waals surface area (Å²) in [5.74, 6) is -0.159. The molecule has 0 atom stereocenters. The Morgan fingerprint density at radius 3 is 2.12 bits per heavy atom. The molecule has 0 aliphatic heterocycles. The topological polar surface area (TPSA) is 63.2 Å². The van der Waals surface area contributed by atoms with E-state index < -0.39 is 10.0 Å². The van der Waals surface area contributed by atoms with Crippen LogP contribution in [0.3, 0.4) is 0 Å². The van der Waals surface area contributed by atoms with Gasteiger partial charge in [0.25, 0.3) is 10.0 Å². The van der Waals surface area contributed by atoms with E-state index in [0.29, 0.717) is 16.8 Å². The van der Waals surface area contributed by atoms with Crippen LogP contribution in [0.1, 0.15) is 21.5 Å². The van der Waals surface area contributed by atoms with Gasteiger partial charge in [-0.3, -0.25) is 9.52 Å². The van der Waals surface area contributed by atoms with Crippen molar-refractivity contribution in [3.63, 3.8) is 0 Å². The van der Waals surface area contributed by atoms with Crippen LogP contribution >= 0.6 is 0 Å². The molecule has 124 valence electrons. The molecule has 0 amide bonds. The van der Waals surface area contributed by atoms with Crippen LogP contribution < -0.4 is 4.72 Å². The molecule has 1 aliphatic rings. The van der Waals surface area contributed by atoms with Gasteiger partial charge in [-0.1, -0.05) is 54.1 Å². The average Bonchev–Trinajstić information content (AvgIpc) is 2.89.